The third kappa shape index (κ3) is 2.54. The van der Waals surface area contributed by atoms with E-state index in [4.69, 9.17) is 4.74 Å². The molecule has 5 nitrogen and oxygen atoms in total. The Morgan fingerprint density at radius 1 is 1.04 bits per heavy atom. The highest BCUT2D eigenvalue weighted by molar-refractivity contribution is 5.39. The van der Waals surface area contributed by atoms with Crippen molar-refractivity contribution in [1.29, 1.82) is 0 Å². The summed E-state index contributed by atoms with van der Waals surface area (Å²) in [4.78, 5) is 4.36. The van der Waals surface area contributed by atoms with Crippen LogP contribution in [0.4, 0.5) is 5.95 Å². The number of hydrogen-bond donors (Lipinski definition) is 1. The lowest BCUT2D eigenvalue weighted by Crippen LogP contribution is -2.28. The molecule has 0 saturated carbocycles. The van der Waals surface area contributed by atoms with Gasteiger partial charge in [-0.2, -0.15) is 10.1 Å². The smallest absolute Gasteiger partial charge is 0.222 e. The average Bonchev–Trinajstić information content (AvgIpc) is 3.10. The topological polar surface area (TPSA) is 52.0 Å². The normalized spacial score (nSPS) is 19.7. The Morgan fingerprint density at radius 3 is 2.57 bits per heavy atom. The third-order valence-corrected chi connectivity index (χ3v) is 4.33. The monoisotopic (exact) mass is 306 g/mol. The van der Waals surface area contributed by atoms with E-state index in [9.17, 15) is 0 Å². The van der Waals surface area contributed by atoms with Gasteiger partial charge in [0.2, 0.25) is 5.95 Å². The Morgan fingerprint density at radius 2 is 1.83 bits per heavy atom. The second-order valence-corrected chi connectivity index (χ2v) is 5.66. The van der Waals surface area contributed by atoms with Crippen LogP contribution < -0.4 is 10.1 Å². The predicted octanol–water partition coefficient (Wildman–Crippen LogP) is 3.43. The number of aromatic nitrogens is 3. The molecule has 0 spiro atoms. The molecule has 0 unspecified atom stereocenters. The number of ether oxygens (including phenoxy) is 1. The van der Waals surface area contributed by atoms with E-state index < -0.39 is 0 Å². The van der Waals surface area contributed by atoms with E-state index in [1.807, 2.05) is 22.9 Å². The van der Waals surface area contributed by atoms with Crippen LogP contribution in [0, 0.1) is 0 Å². The zero-order valence-electron chi connectivity index (χ0n) is 12.9. The molecule has 5 heteroatoms. The molecule has 0 fully saturated rings. The van der Waals surface area contributed by atoms with Crippen LogP contribution in [-0.2, 0) is 0 Å². The number of anilines is 1. The van der Waals surface area contributed by atoms with Crippen molar-refractivity contribution < 1.29 is 4.74 Å². The molecule has 2 aromatic carbocycles. The van der Waals surface area contributed by atoms with E-state index in [-0.39, 0.29) is 12.1 Å². The highest BCUT2D eigenvalue weighted by Crippen LogP contribution is 2.37. The average molecular weight is 306 g/mol. The molecule has 1 N–H and O–H groups in total. The molecule has 2 heterocycles. The second kappa shape index (κ2) is 5.76. The van der Waals surface area contributed by atoms with Crippen molar-refractivity contribution in [1.82, 2.24) is 14.8 Å². The first-order chi connectivity index (χ1) is 11.3. The molecule has 0 aliphatic carbocycles. The summed E-state index contributed by atoms with van der Waals surface area (Å²) in [6.07, 6.45) is 2.53. The molecule has 0 saturated heterocycles. The number of nitrogens with one attached hydrogen (secondary N) is 1. The van der Waals surface area contributed by atoms with Crippen LogP contribution in [0.25, 0.3) is 0 Å². The van der Waals surface area contributed by atoms with Crippen LogP contribution in [0.2, 0.25) is 0 Å². The van der Waals surface area contributed by atoms with Gasteiger partial charge in [0.25, 0.3) is 0 Å². The van der Waals surface area contributed by atoms with Gasteiger partial charge >= 0.3 is 0 Å². The van der Waals surface area contributed by atoms with Crippen molar-refractivity contribution in [2.24, 2.45) is 0 Å². The molecule has 23 heavy (non-hydrogen) atoms. The van der Waals surface area contributed by atoms with E-state index in [2.05, 4.69) is 51.8 Å². The zero-order valence-corrected chi connectivity index (χ0v) is 12.9. The Bertz CT molecular complexity index is 782. The predicted molar refractivity (Wildman–Crippen MR) is 88.6 cm³/mol. The fraction of sp³-hybridized carbons (Fsp3) is 0.222. The lowest BCUT2D eigenvalue weighted by molar-refractivity contribution is 0.411. The summed E-state index contributed by atoms with van der Waals surface area (Å²) in [6.45, 7) is 0. The maximum Gasteiger partial charge on any atom is 0.222 e. The fourth-order valence-electron chi connectivity index (χ4n) is 3.13. The van der Waals surface area contributed by atoms with Crippen LogP contribution in [0.3, 0.4) is 0 Å². The number of benzene rings is 2. The molecule has 1 aliphatic heterocycles. The molecule has 0 radical (unpaired) electrons. The maximum absolute atomic E-state index is 5.25. The van der Waals surface area contributed by atoms with E-state index in [0.717, 1.165) is 18.1 Å². The molecule has 0 amide bonds. The van der Waals surface area contributed by atoms with E-state index in [0.29, 0.717) is 0 Å². The third-order valence-electron chi connectivity index (χ3n) is 4.33. The van der Waals surface area contributed by atoms with Crippen molar-refractivity contribution in [2.75, 3.05) is 12.4 Å². The summed E-state index contributed by atoms with van der Waals surface area (Å²) in [7, 11) is 1.68. The summed E-state index contributed by atoms with van der Waals surface area (Å²) in [5.41, 5.74) is 2.47. The van der Waals surface area contributed by atoms with E-state index in [1.54, 1.807) is 13.4 Å². The van der Waals surface area contributed by atoms with Crippen LogP contribution >= 0.6 is 0 Å². The zero-order chi connectivity index (χ0) is 15.6. The number of rotatable bonds is 3. The minimum Gasteiger partial charge on any atom is -0.497 e. The summed E-state index contributed by atoms with van der Waals surface area (Å²) in [5, 5.41) is 7.88. The molecule has 1 aliphatic rings. The second-order valence-electron chi connectivity index (χ2n) is 5.66. The molecule has 1 aromatic heterocycles. The first-order valence-corrected chi connectivity index (χ1v) is 7.70. The fourth-order valence-corrected chi connectivity index (χ4v) is 3.13. The van der Waals surface area contributed by atoms with Crippen molar-refractivity contribution in [3.8, 4) is 5.75 Å². The first kappa shape index (κ1) is 13.8. The minimum absolute atomic E-state index is 0.157. The van der Waals surface area contributed by atoms with Gasteiger partial charge < -0.3 is 10.1 Å². The molecule has 3 aromatic rings. The molecule has 4 rings (SSSR count). The standard InChI is InChI=1S/C18H18N4O/c1-23-15-9-7-14(8-10-15)17-11-16(13-5-3-2-4-6-13)21-18-19-12-20-22(17)18/h2-10,12,16-17H,11H2,1H3,(H,19,20,21)/t16-,17+/m1/s1. The van der Waals surface area contributed by atoms with Gasteiger partial charge in [0, 0.05) is 0 Å². The van der Waals surface area contributed by atoms with Crippen molar-refractivity contribution in [2.45, 2.75) is 18.5 Å². The number of methoxy groups -OCH3 is 1. The Balaban J connectivity index is 1.70. The van der Waals surface area contributed by atoms with Crippen LogP contribution in [0.15, 0.2) is 60.9 Å². The van der Waals surface area contributed by atoms with Crippen LogP contribution in [-0.4, -0.2) is 21.9 Å². The van der Waals surface area contributed by atoms with E-state index in [1.165, 1.54) is 11.1 Å². The summed E-state index contributed by atoms with van der Waals surface area (Å²) < 4.78 is 7.21. The summed E-state index contributed by atoms with van der Waals surface area (Å²) in [6, 6.07) is 19.0. The van der Waals surface area contributed by atoms with Gasteiger partial charge in [-0.05, 0) is 29.7 Å². The van der Waals surface area contributed by atoms with Crippen LogP contribution in [0.1, 0.15) is 29.6 Å². The number of nitrogens with zero attached hydrogens (tertiary/aromatic N) is 3. The largest absolute Gasteiger partial charge is 0.497 e. The van der Waals surface area contributed by atoms with Crippen LogP contribution in [0.5, 0.6) is 5.75 Å². The molecular formula is C18H18N4O. The van der Waals surface area contributed by atoms with Gasteiger partial charge in [-0.1, -0.05) is 42.5 Å². The van der Waals surface area contributed by atoms with Gasteiger partial charge in [-0.3, -0.25) is 0 Å². The summed E-state index contributed by atoms with van der Waals surface area (Å²) in [5.74, 6) is 1.67. The van der Waals surface area contributed by atoms with Crippen molar-refractivity contribution in [3.05, 3.63) is 72.1 Å². The lowest BCUT2D eigenvalue weighted by atomic mass is 9.93. The summed E-state index contributed by atoms with van der Waals surface area (Å²) >= 11 is 0. The quantitative estimate of drug-likeness (QED) is 0.805. The van der Waals surface area contributed by atoms with Gasteiger partial charge in [-0.25, -0.2) is 4.68 Å². The number of hydrogen-bond acceptors (Lipinski definition) is 4. The molecule has 2 atom stereocenters. The van der Waals surface area contributed by atoms with Crippen molar-refractivity contribution >= 4 is 5.95 Å². The highest BCUT2D eigenvalue weighted by atomic mass is 16.5. The molecular weight excluding hydrogens is 288 g/mol. The molecule has 0 bridgehead atoms. The molecule has 116 valence electrons. The Hall–Kier alpha value is -2.82. The van der Waals surface area contributed by atoms with E-state index >= 15 is 0 Å². The highest BCUT2D eigenvalue weighted by Gasteiger charge is 2.29. The SMILES string of the molecule is COc1ccc([C@@H]2C[C@H](c3ccccc3)Nc3ncnn32)cc1. The van der Waals surface area contributed by atoms with Gasteiger partial charge in [0.15, 0.2) is 0 Å². The maximum atomic E-state index is 5.25. The van der Waals surface area contributed by atoms with Gasteiger partial charge in [0.05, 0.1) is 19.2 Å². The first-order valence-electron chi connectivity index (χ1n) is 7.70. The Kier molecular flexibility index (Phi) is 3.46. The lowest BCUT2D eigenvalue weighted by Gasteiger charge is -2.31. The Labute approximate surface area is 134 Å². The minimum atomic E-state index is 0.157. The number of fused-ring (bicyclic) bond motifs is 1. The van der Waals surface area contributed by atoms with Gasteiger partial charge in [0.1, 0.15) is 12.1 Å². The van der Waals surface area contributed by atoms with Gasteiger partial charge in [-0.15, -0.1) is 0 Å². The van der Waals surface area contributed by atoms with Crippen molar-refractivity contribution in [3.63, 3.8) is 0 Å².